The summed E-state index contributed by atoms with van der Waals surface area (Å²) in [6.07, 6.45) is 0. The lowest BCUT2D eigenvalue weighted by Gasteiger charge is -2.07. The molecule has 116 valence electrons. The molecule has 3 rings (SSSR count). The van der Waals surface area contributed by atoms with Crippen LogP contribution in [0.1, 0.15) is 16.1 Å². The minimum absolute atomic E-state index is 0.0584. The summed E-state index contributed by atoms with van der Waals surface area (Å²) in [4.78, 5) is 10.8. The Morgan fingerprint density at radius 2 is 1.83 bits per heavy atom. The first-order valence-electron chi connectivity index (χ1n) is 6.88. The highest BCUT2D eigenvalue weighted by Crippen LogP contribution is 2.22. The Morgan fingerprint density at radius 1 is 1.13 bits per heavy atom. The third-order valence-electron chi connectivity index (χ3n) is 3.28. The maximum atomic E-state index is 10.8. The van der Waals surface area contributed by atoms with Crippen molar-refractivity contribution < 1.29 is 14.6 Å². The lowest BCUT2D eigenvalue weighted by Crippen LogP contribution is -1.95. The van der Waals surface area contributed by atoms with Crippen LogP contribution in [-0.2, 0) is 6.61 Å². The Bertz CT molecular complexity index is 811. The van der Waals surface area contributed by atoms with Gasteiger partial charge in [0.2, 0.25) is 0 Å². The van der Waals surface area contributed by atoms with Crippen molar-refractivity contribution in [3.8, 4) is 17.0 Å². The van der Waals surface area contributed by atoms with E-state index in [2.05, 4.69) is 10.2 Å². The number of aromatic carboxylic acids is 1. The molecular weight excluding hydrogens is 316 g/mol. The van der Waals surface area contributed by atoms with E-state index in [1.54, 1.807) is 0 Å². The number of nitrogens with zero attached hydrogens (tertiary/aromatic N) is 1. The number of H-pyrrole nitrogens is 1. The second-order valence-corrected chi connectivity index (χ2v) is 5.35. The number of carboxylic acid groups (broad SMARTS) is 1. The second-order valence-electron chi connectivity index (χ2n) is 4.91. The van der Waals surface area contributed by atoms with E-state index in [-0.39, 0.29) is 5.69 Å². The summed E-state index contributed by atoms with van der Waals surface area (Å²) in [5.41, 5.74) is 2.47. The van der Waals surface area contributed by atoms with Gasteiger partial charge in [0.05, 0.1) is 5.69 Å². The number of halogens is 1. The van der Waals surface area contributed by atoms with Gasteiger partial charge in [-0.3, -0.25) is 5.10 Å². The summed E-state index contributed by atoms with van der Waals surface area (Å²) >= 11 is 5.84. The highest BCUT2D eigenvalue weighted by Gasteiger charge is 2.09. The van der Waals surface area contributed by atoms with Crippen molar-refractivity contribution in [3.05, 3.63) is 70.9 Å². The predicted molar refractivity (Wildman–Crippen MR) is 86.8 cm³/mol. The molecule has 5 nitrogen and oxygen atoms in total. The average molecular weight is 329 g/mol. The highest BCUT2D eigenvalue weighted by atomic mass is 35.5. The molecule has 23 heavy (non-hydrogen) atoms. The van der Waals surface area contributed by atoms with Crippen molar-refractivity contribution in [2.24, 2.45) is 0 Å². The lowest BCUT2D eigenvalue weighted by atomic mass is 10.1. The largest absolute Gasteiger partial charge is 0.489 e. The third kappa shape index (κ3) is 3.70. The van der Waals surface area contributed by atoms with Crippen molar-refractivity contribution in [1.82, 2.24) is 10.2 Å². The zero-order valence-electron chi connectivity index (χ0n) is 12.0. The van der Waals surface area contributed by atoms with Crippen LogP contribution in [0.3, 0.4) is 0 Å². The summed E-state index contributed by atoms with van der Waals surface area (Å²) in [5.74, 6) is -0.315. The first kappa shape index (κ1) is 15.1. The first-order valence-corrected chi connectivity index (χ1v) is 7.26. The van der Waals surface area contributed by atoms with Gasteiger partial charge in [-0.25, -0.2) is 4.79 Å². The fourth-order valence-electron chi connectivity index (χ4n) is 2.05. The summed E-state index contributed by atoms with van der Waals surface area (Å²) in [5, 5.41) is 16.0. The summed E-state index contributed by atoms with van der Waals surface area (Å²) in [6.45, 7) is 0.447. The number of nitrogens with one attached hydrogen (secondary N) is 1. The van der Waals surface area contributed by atoms with E-state index in [0.29, 0.717) is 17.3 Å². The van der Waals surface area contributed by atoms with E-state index in [0.717, 1.165) is 16.9 Å². The van der Waals surface area contributed by atoms with Gasteiger partial charge in [-0.15, -0.1) is 0 Å². The van der Waals surface area contributed by atoms with Gasteiger partial charge in [-0.1, -0.05) is 23.7 Å². The molecule has 0 fully saturated rings. The van der Waals surface area contributed by atoms with Crippen LogP contribution in [0.2, 0.25) is 5.02 Å². The molecule has 3 aromatic rings. The number of ether oxygens (including phenoxy) is 1. The van der Waals surface area contributed by atoms with Crippen molar-refractivity contribution >= 4 is 17.6 Å². The molecule has 0 bridgehead atoms. The summed E-state index contributed by atoms with van der Waals surface area (Å²) in [6, 6.07) is 16.3. The van der Waals surface area contributed by atoms with Crippen LogP contribution >= 0.6 is 11.6 Å². The van der Waals surface area contributed by atoms with Crippen LogP contribution in [0.4, 0.5) is 0 Å². The number of carbonyl (C=O) groups is 1. The Labute approximate surface area is 137 Å². The second kappa shape index (κ2) is 6.54. The van der Waals surface area contributed by atoms with Crippen molar-refractivity contribution in [2.75, 3.05) is 0 Å². The van der Waals surface area contributed by atoms with Gasteiger partial charge in [-0.2, -0.15) is 5.10 Å². The molecule has 1 heterocycles. The Balaban J connectivity index is 1.66. The maximum absolute atomic E-state index is 10.8. The molecule has 0 atom stereocenters. The van der Waals surface area contributed by atoms with Gasteiger partial charge in [0.1, 0.15) is 18.1 Å². The number of hydrogen-bond acceptors (Lipinski definition) is 3. The lowest BCUT2D eigenvalue weighted by molar-refractivity contribution is 0.0690. The van der Waals surface area contributed by atoms with E-state index in [9.17, 15) is 4.79 Å². The molecule has 0 aliphatic carbocycles. The Hall–Kier alpha value is -2.79. The summed E-state index contributed by atoms with van der Waals surface area (Å²) < 4.78 is 5.70. The number of benzene rings is 2. The normalized spacial score (nSPS) is 10.5. The van der Waals surface area contributed by atoms with E-state index in [4.69, 9.17) is 21.4 Å². The van der Waals surface area contributed by atoms with Gasteiger partial charge >= 0.3 is 5.97 Å². The minimum atomic E-state index is -1.04. The van der Waals surface area contributed by atoms with Gasteiger partial charge in [-0.05, 0) is 48.0 Å². The molecule has 0 aliphatic heterocycles. The molecule has 0 aliphatic rings. The van der Waals surface area contributed by atoms with Crippen molar-refractivity contribution in [1.29, 1.82) is 0 Å². The average Bonchev–Trinajstić information content (AvgIpc) is 3.05. The van der Waals surface area contributed by atoms with Gasteiger partial charge < -0.3 is 9.84 Å². The van der Waals surface area contributed by atoms with Crippen LogP contribution in [0, 0.1) is 0 Å². The number of aromatic nitrogens is 2. The van der Waals surface area contributed by atoms with E-state index in [1.807, 2.05) is 48.5 Å². The van der Waals surface area contributed by atoms with Crippen molar-refractivity contribution in [2.45, 2.75) is 6.61 Å². The highest BCUT2D eigenvalue weighted by molar-refractivity contribution is 6.30. The van der Waals surface area contributed by atoms with Crippen LogP contribution in [0.15, 0.2) is 54.6 Å². The standard InChI is InChI=1S/C17H13ClN2O3/c18-13-5-1-11(2-6-13)10-23-14-7-3-12(4-8-14)15-9-16(17(21)22)20-19-15/h1-9H,10H2,(H,19,20)(H,21,22). The minimum Gasteiger partial charge on any atom is -0.489 e. The van der Waals surface area contributed by atoms with E-state index < -0.39 is 5.97 Å². The fourth-order valence-corrected chi connectivity index (χ4v) is 2.17. The SMILES string of the molecule is O=C(O)c1cc(-c2ccc(OCc3ccc(Cl)cc3)cc2)n[nH]1. The third-order valence-corrected chi connectivity index (χ3v) is 3.53. The maximum Gasteiger partial charge on any atom is 0.353 e. The quantitative estimate of drug-likeness (QED) is 0.742. The van der Waals surface area contributed by atoms with Gasteiger partial charge in [0.25, 0.3) is 0 Å². The van der Waals surface area contributed by atoms with Gasteiger partial charge in [0, 0.05) is 10.6 Å². The molecule has 2 aromatic carbocycles. The number of carboxylic acids is 1. The van der Waals surface area contributed by atoms with Crippen LogP contribution in [-0.4, -0.2) is 21.3 Å². The van der Waals surface area contributed by atoms with Crippen LogP contribution in [0.25, 0.3) is 11.3 Å². The molecule has 0 amide bonds. The monoisotopic (exact) mass is 328 g/mol. The first-order chi connectivity index (χ1) is 11.1. The fraction of sp³-hybridized carbons (Fsp3) is 0.0588. The molecule has 0 unspecified atom stereocenters. The molecular formula is C17H13ClN2O3. The summed E-state index contributed by atoms with van der Waals surface area (Å²) in [7, 11) is 0. The number of aromatic amines is 1. The molecule has 6 heteroatoms. The zero-order chi connectivity index (χ0) is 16.2. The Kier molecular flexibility index (Phi) is 4.30. The van der Waals surface area contributed by atoms with E-state index in [1.165, 1.54) is 6.07 Å². The molecule has 0 saturated heterocycles. The predicted octanol–water partition coefficient (Wildman–Crippen LogP) is 4.01. The van der Waals surface area contributed by atoms with Crippen molar-refractivity contribution in [3.63, 3.8) is 0 Å². The van der Waals surface area contributed by atoms with Gasteiger partial charge in [0.15, 0.2) is 0 Å². The molecule has 0 saturated carbocycles. The van der Waals surface area contributed by atoms with Crippen LogP contribution in [0.5, 0.6) is 5.75 Å². The van der Waals surface area contributed by atoms with Crippen LogP contribution < -0.4 is 4.74 Å². The topological polar surface area (TPSA) is 75.2 Å². The molecule has 1 aromatic heterocycles. The molecule has 0 spiro atoms. The Morgan fingerprint density at radius 3 is 2.43 bits per heavy atom. The number of hydrogen-bond donors (Lipinski definition) is 2. The van der Waals surface area contributed by atoms with E-state index >= 15 is 0 Å². The smallest absolute Gasteiger partial charge is 0.353 e. The number of rotatable bonds is 5. The zero-order valence-corrected chi connectivity index (χ0v) is 12.7. The molecule has 0 radical (unpaired) electrons. The molecule has 2 N–H and O–H groups in total.